The van der Waals surface area contributed by atoms with Gasteiger partial charge >= 0.3 is 47.6 Å². The van der Waals surface area contributed by atoms with Crippen LogP contribution in [0, 0.1) is 0 Å². The Bertz CT molecular complexity index is 559. The molecule has 0 nitrogen and oxygen atoms in total. The molecule has 0 atom stereocenters. The van der Waals surface area contributed by atoms with E-state index in [2.05, 4.69) is 12.6 Å². The van der Waals surface area contributed by atoms with Gasteiger partial charge in [0.1, 0.15) is 0 Å². The third kappa shape index (κ3) is 3.36. The maximum Gasteiger partial charge on any atom is 0.460 e. The van der Waals surface area contributed by atoms with Gasteiger partial charge in [-0.25, -0.2) is 0 Å². The highest BCUT2D eigenvalue weighted by molar-refractivity contribution is 7.80. The second-order valence-electron chi connectivity index (χ2n) is 5.12. The van der Waals surface area contributed by atoms with E-state index < -0.39 is 59.8 Å². The summed E-state index contributed by atoms with van der Waals surface area (Å²) in [5.74, 6) is -57.3. The maximum atomic E-state index is 13.2. The lowest BCUT2D eigenvalue weighted by Gasteiger charge is -2.42. The number of rotatable bonds is 8. The summed E-state index contributed by atoms with van der Waals surface area (Å²) in [5.41, 5.74) is 0. The first-order valence-corrected chi connectivity index (χ1v) is 6.76. The molecule has 0 aromatic rings. The molecule has 0 saturated carbocycles. The molecule has 0 aliphatic carbocycles. The lowest BCUT2D eigenvalue weighted by Crippen LogP contribution is -2.74. The zero-order valence-corrected chi connectivity index (χ0v) is 13.2. The van der Waals surface area contributed by atoms with E-state index in [0.29, 0.717) is 0 Å². The van der Waals surface area contributed by atoms with Crippen LogP contribution in [0.4, 0.5) is 74.6 Å². The molecule has 0 aromatic carbocycles. The fourth-order valence-electron chi connectivity index (χ4n) is 1.49. The van der Waals surface area contributed by atoms with Crippen LogP contribution in [0.1, 0.15) is 6.42 Å². The van der Waals surface area contributed by atoms with Crippen molar-refractivity contribution in [2.24, 2.45) is 0 Å². The number of thiol groups is 1. The van der Waals surface area contributed by atoms with Gasteiger partial charge in [0.2, 0.25) is 0 Å². The van der Waals surface area contributed by atoms with Crippen molar-refractivity contribution >= 4 is 12.6 Å². The van der Waals surface area contributed by atoms with Gasteiger partial charge in [0.05, 0.1) is 0 Å². The summed E-state index contributed by atoms with van der Waals surface area (Å²) in [6, 6.07) is 0. The van der Waals surface area contributed by atoms with Crippen LogP contribution in [0.25, 0.3) is 0 Å². The van der Waals surface area contributed by atoms with Crippen LogP contribution in [-0.2, 0) is 0 Å². The quantitative estimate of drug-likeness (QED) is 0.306. The van der Waals surface area contributed by atoms with Gasteiger partial charge in [0.25, 0.3) is 0 Å². The van der Waals surface area contributed by atoms with Crippen molar-refractivity contribution in [3.8, 4) is 0 Å². The van der Waals surface area contributed by atoms with E-state index in [1.807, 2.05) is 0 Å². The lowest BCUT2D eigenvalue weighted by molar-refractivity contribution is -0.461. The molecule has 0 spiro atoms. The third-order valence-corrected chi connectivity index (χ3v) is 3.44. The minimum atomic E-state index is -8.58. The van der Waals surface area contributed by atoms with E-state index in [9.17, 15) is 74.6 Å². The first-order chi connectivity index (χ1) is 11.8. The van der Waals surface area contributed by atoms with Crippen LogP contribution < -0.4 is 0 Å². The highest BCUT2D eigenvalue weighted by atomic mass is 32.1. The molecule has 0 rings (SSSR count). The van der Waals surface area contributed by atoms with Gasteiger partial charge in [-0.3, -0.25) is 0 Å². The Morgan fingerprint density at radius 1 is 0.393 bits per heavy atom. The van der Waals surface area contributed by atoms with Gasteiger partial charge in [0.15, 0.2) is 0 Å². The molecule has 0 aliphatic heterocycles. The Balaban J connectivity index is 6.63. The molecule has 0 saturated heterocycles. The summed E-state index contributed by atoms with van der Waals surface area (Å²) in [6.45, 7) is 0. The van der Waals surface area contributed by atoms with Crippen molar-refractivity contribution in [2.75, 3.05) is 5.75 Å². The minimum Gasteiger partial charge on any atom is -0.200 e. The maximum absolute atomic E-state index is 13.2. The minimum absolute atomic E-state index is 1.47. The zero-order chi connectivity index (χ0) is 23.4. The second-order valence-corrected chi connectivity index (χ2v) is 5.57. The zero-order valence-electron chi connectivity index (χ0n) is 12.3. The normalized spacial score (nSPS) is 16.5. The van der Waals surface area contributed by atoms with Gasteiger partial charge in [0, 0.05) is 6.42 Å². The van der Waals surface area contributed by atoms with Crippen LogP contribution in [0.3, 0.4) is 0 Å². The summed E-state index contributed by atoms with van der Waals surface area (Å²) in [7, 11) is 0. The van der Waals surface area contributed by atoms with Gasteiger partial charge in [-0.15, -0.1) is 0 Å². The largest absolute Gasteiger partial charge is 0.460 e. The predicted octanol–water partition coefficient (Wildman–Crippen LogP) is 6.32. The Hall–Kier alpha value is -0.840. The molecule has 0 fully saturated rings. The highest BCUT2D eigenvalue weighted by Crippen LogP contribution is 2.64. The van der Waals surface area contributed by atoms with Crippen LogP contribution >= 0.6 is 12.6 Å². The van der Waals surface area contributed by atoms with Crippen LogP contribution in [-0.4, -0.2) is 53.4 Å². The molecule has 0 bridgehead atoms. The summed E-state index contributed by atoms with van der Waals surface area (Å²) >= 11 is 2.85. The number of hydrogen-bond acceptors (Lipinski definition) is 1. The van der Waals surface area contributed by atoms with Crippen LogP contribution in [0.5, 0.6) is 0 Å². The van der Waals surface area contributed by atoms with E-state index in [1.165, 1.54) is 0 Å². The molecule has 18 heteroatoms. The average molecular weight is 480 g/mol. The number of halogens is 17. The molecule has 0 N–H and O–H groups in total. The van der Waals surface area contributed by atoms with Crippen molar-refractivity contribution in [1.82, 2.24) is 0 Å². The summed E-state index contributed by atoms with van der Waals surface area (Å²) < 4.78 is 217. The van der Waals surface area contributed by atoms with Crippen molar-refractivity contribution in [3.05, 3.63) is 0 Å². The molecule has 0 aromatic heterocycles. The van der Waals surface area contributed by atoms with Gasteiger partial charge in [-0.2, -0.15) is 87.3 Å². The third-order valence-electron chi connectivity index (χ3n) is 3.21. The summed E-state index contributed by atoms with van der Waals surface area (Å²) in [5, 5.41) is 0. The molecular formula is C10H5F17S. The molecule has 0 heterocycles. The standard InChI is InChI=1S/C10H5F17S/c11-3(12,1-2-28)4(13,14)5(15,16)6(17,18)7(19,20)8(21,22)9(23,24)10(25,26)27/h28H,1-2H2. The van der Waals surface area contributed by atoms with Gasteiger partial charge in [-0.1, -0.05) is 0 Å². The molecule has 0 amide bonds. The predicted molar refractivity (Wildman–Crippen MR) is 59.2 cm³/mol. The van der Waals surface area contributed by atoms with E-state index in [0.717, 1.165) is 0 Å². The van der Waals surface area contributed by atoms with Crippen LogP contribution in [0.15, 0.2) is 0 Å². The average Bonchev–Trinajstić information content (AvgIpc) is 2.44. The molecule has 0 radical (unpaired) electrons. The number of hydrogen-bond donors (Lipinski definition) is 1. The second kappa shape index (κ2) is 6.85. The van der Waals surface area contributed by atoms with Crippen molar-refractivity contribution in [3.63, 3.8) is 0 Å². The van der Waals surface area contributed by atoms with Gasteiger partial charge < -0.3 is 0 Å². The highest BCUT2D eigenvalue weighted by Gasteiger charge is 2.95. The van der Waals surface area contributed by atoms with Gasteiger partial charge in [-0.05, 0) is 5.75 Å². The Labute approximate surface area is 148 Å². The first-order valence-electron chi connectivity index (χ1n) is 6.13. The Morgan fingerprint density at radius 2 is 0.643 bits per heavy atom. The first kappa shape index (κ1) is 27.2. The summed E-state index contributed by atoms with van der Waals surface area (Å²) in [4.78, 5) is 0. The molecule has 0 unspecified atom stereocenters. The van der Waals surface area contributed by atoms with E-state index >= 15 is 0 Å². The Kier molecular flexibility index (Phi) is 6.65. The van der Waals surface area contributed by atoms with Crippen molar-refractivity contribution < 1.29 is 74.6 Å². The molecule has 170 valence electrons. The molecule has 28 heavy (non-hydrogen) atoms. The van der Waals surface area contributed by atoms with Crippen molar-refractivity contribution in [2.45, 2.75) is 54.1 Å². The number of alkyl halides is 17. The topological polar surface area (TPSA) is 0 Å². The van der Waals surface area contributed by atoms with Crippen LogP contribution in [0.2, 0.25) is 0 Å². The molecular weight excluding hydrogens is 475 g/mol. The SMILES string of the molecule is FC(F)(F)C(F)(F)C(F)(F)C(F)(F)C(F)(F)C(F)(F)C(F)(F)C(F)(F)CCS. The molecule has 0 aliphatic rings. The van der Waals surface area contributed by atoms with Crippen molar-refractivity contribution in [1.29, 1.82) is 0 Å². The lowest BCUT2D eigenvalue weighted by atomic mass is 9.88. The van der Waals surface area contributed by atoms with E-state index in [-0.39, 0.29) is 0 Å². The smallest absolute Gasteiger partial charge is 0.200 e. The van der Waals surface area contributed by atoms with E-state index in [4.69, 9.17) is 0 Å². The fraction of sp³-hybridized carbons (Fsp3) is 1.00. The summed E-state index contributed by atoms with van der Waals surface area (Å²) in [6.07, 6.45) is -10.3. The Morgan fingerprint density at radius 3 is 0.893 bits per heavy atom. The fourth-order valence-corrected chi connectivity index (χ4v) is 1.77. The van der Waals surface area contributed by atoms with E-state index in [1.54, 1.807) is 0 Å². The monoisotopic (exact) mass is 480 g/mol.